The minimum atomic E-state index is 0.622. The molecule has 3 aliphatic carbocycles. The van der Waals surface area contributed by atoms with E-state index in [1.54, 1.807) is 0 Å². The van der Waals surface area contributed by atoms with Crippen molar-refractivity contribution in [1.82, 2.24) is 5.32 Å². The smallest absolute Gasteiger partial charge is 0.00462 e. The largest absolute Gasteiger partial charge is 0.317 e. The van der Waals surface area contributed by atoms with Crippen molar-refractivity contribution < 1.29 is 0 Å². The molecular weight excluding hydrogens is 194 g/mol. The molecule has 1 saturated heterocycles. The molecule has 0 amide bonds. The molecule has 0 aromatic carbocycles. The van der Waals surface area contributed by atoms with Crippen molar-refractivity contribution in [3.8, 4) is 0 Å². The van der Waals surface area contributed by atoms with Crippen LogP contribution in [0.5, 0.6) is 0 Å². The van der Waals surface area contributed by atoms with Crippen LogP contribution in [0.1, 0.15) is 46.0 Å². The topological polar surface area (TPSA) is 12.0 Å². The molecule has 1 nitrogen and oxygen atoms in total. The van der Waals surface area contributed by atoms with Crippen LogP contribution in [-0.4, -0.2) is 13.1 Å². The van der Waals surface area contributed by atoms with Gasteiger partial charge in [-0.1, -0.05) is 25.5 Å². The molecule has 4 aliphatic rings. The van der Waals surface area contributed by atoms with Gasteiger partial charge in [-0.25, -0.2) is 0 Å². The Hall–Kier alpha value is -0.300. The molecule has 2 fully saturated rings. The SMILES string of the molecule is CC1(C)C2CC=C(CC3CCNCC3)C1C2. The maximum Gasteiger partial charge on any atom is -0.00462 e. The van der Waals surface area contributed by atoms with Gasteiger partial charge < -0.3 is 5.32 Å². The van der Waals surface area contributed by atoms with Gasteiger partial charge >= 0.3 is 0 Å². The van der Waals surface area contributed by atoms with Crippen LogP contribution >= 0.6 is 0 Å². The molecule has 2 atom stereocenters. The maximum atomic E-state index is 3.47. The van der Waals surface area contributed by atoms with E-state index in [4.69, 9.17) is 0 Å². The molecule has 0 aromatic heterocycles. The highest BCUT2D eigenvalue weighted by Crippen LogP contribution is 2.60. The summed E-state index contributed by atoms with van der Waals surface area (Å²) in [5.41, 5.74) is 2.44. The molecule has 2 unspecified atom stereocenters. The first-order chi connectivity index (χ1) is 7.68. The maximum absolute atomic E-state index is 3.47. The van der Waals surface area contributed by atoms with E-state index in [2.05, 4.69) is 25.2 Å². The first kappa shape index (κ1) is 10.8. The number of rotatable bonds is 2. The number of nitrogens with one attached hydrogen (secondary N) is 1. The Labute approximate surface area is 99.7 Å². The highest BCUT2D eigenvalue weighted by Gasteiger charge is 2.51. The molecule has 0 aromatic rings. The van der Waals surface area contributed by atoms with E-state index in [9.17, 15) is 0 Å². The van der Waals surface area contributed by atoms with Crippen LogP contribution in [0.15, 0.2) is 11.6 Å². The summed E-state index contributed by atoms with van der Waals surface area (Å²) in [4.78, 5) is 0. The quantitative estimate of drug-likeness (QED) is 0.702. The number of piperidine rings is 1. The lowest BCUT2D eigenvalue weighted by Crippen LogP contribution is -2.48. The normalized spacial score (nSPS) is 37.8. The van der Waals surface area contributed by atoms with Crippen molar-refractivity contribution >= 4 is 0 Å². The lowest BCUT2D eigenvalue weighted by Gasteiger charge is -2.57. The van der Waals surface area contributed by atoms with Crippen LogP contribution in [-0.2, 0) is 0 Å². The van der Waals surface area contributed by atoms with E-state index in [1.807, 2.05) is 5.57 Å². The third kappa shape index (κ3) is 1.64. The third-order valence-electron chi connectivity index (χ3n) is 5.57. The van der Waals surface area contributed by atoms with Crippen molar-refractivity contribution in [2.24, 2.45) is 23.2 Å². The fourth-order valence-corrected chi connectivity index (χ4v) is 4.13. The minimum absolute atomic E-state index is 0.622. The highest BCUT2D eigenvalue weighted by atomic mass is 14.9. The highest BCUT2D eigenvalue weighted by molar-refractivity contribution is 5.23. The fourth-order valence-electron chi connectivity index (χ4n) is 4.13. The average molecular weight is 219 g/mol. The Morgan fingerprint density at radius 3 is 2.69 bits per heavy atom. The van der Waals surface area contributed by atoms with Crippen molar-refractivity contribution in [2.45, 2.75) is 46.0 Å². The lowest BCUT2D eigenvalue weighted by molar-refractivity contribution is -0.00994. The number of allylic oxidation sites excluding steroid dienone is 2. The van der Waals surface area contributed by atoms with Crippen molar-refractivity contribution in [2.75, 3.05) is 13.1 Å². The molecule has 1 heterocycles. The van der Waals surface area contributed by atoms with Gasteiger partial charge in [0.05, 0.1) is 0 Å². The van der Waals surface area contributed by atoms with Crippen LogP contribution in [0.25, 0.3) is 0 Å². The Balaban J connectivity index is 1.65. The molecule has 2 bridgehead atoms. The van der Waals surface area contributed by atoms with Crippen LogP contribution in [0.4, 0.5) is 0 Å². The van der Waals surface area contributed by atoms with E-state index >= 15 is 0 Å². The van der Waals surface area contributed by atoms with Gasteiger partial charge in [0.25, 0.3) is 0 Å². The predicted molar refractivity (Wildman–Crippen MR) is 68.3 cm³/mol. The molecule has 0 radical (unpaired) electrons. The molecular formula is C15H25N. The number of hydrogen-bond donors (Lipinski definition) is 1. The predicted octanol–water partition coefficient (Wildman–Crippen LogP) is 3.37. The Bertz CT molecular complexity index is 297. The van der Waals surface area contributed by atoms with Gasteiger partial charge in [-0.2, -0.15) is 0 Å². The summed E-state index contributed by atoms with van der Waals surface area (Å²) in [6, 6.07) is 0. The Morgan fingerprint density at radius 2 is 2.06 bits per heavy atom. The number of fused-ring (bicyclic) bond motifs is 1. The summed E-state index contributed by atoms with van der Waals surface area (Å²) in [5, 5.41) is 3.47. The second-order valence-corrected chi connectivity index (χ2v) is 6.72. The summed E-state index contributed by atoms with van der Waals surface area (Å²) in [6.45, 7) is 7.46. The van der Waals surface area contributed by atoms with Crippen LogP contribution in [0.3, 0.4) is 0 Å². The van der Waals surface area contributed by atoms with E-state index < -0.39 is 0 Å². The van der Waals surface area contributed by atoms with E-state index in [0.29, 0.717) is 5.41 Å². The monoisotopic (exact) mass is 219 g/mol. The Kier molecular flexibility index (Phi) is 2.62. The van der Waals surface area contributed by atoms with E-state index in [0.717, 1.165) is 17.8 Å². The summed E-state index contributed by atoms with van der Waals surface area (Å²) in [5.74, 6) is 2.90. The van der Waals surface area contributed by atoms with Crippen LogP contribution in [0.2, 0.25) is 0 Å². The van der Waals surface area contributed by atoms with Crippen LogP contribution in [0, 0.1) is 23.2 Å². The van der Waals surface area contributed by atoms with Gasteiger partial charge in [-0.3, -0.25) is 0 Å². The molecule has 1 aliphatic heterocycles. The van der Waals surface area contributed by atoms with Gasteiger partial charge in [0, 0.05) is 0 Å². The Morgan fingerprint density at radius 1 is 1.31 bits per heavy atom. The fraction of sp³-hybridized carbons (Fsp3) is 0.867. The first-order valence-electron chi connectivity index (χ1n) is 7.07. The zero-order valence-electron chi connectivity index (χ0n) is 10.8. The third-order valence-corrected chi connectivity index (χ3v) is 5.57. The average Bonchev–Trinajstić information content (AvgIpc) is 2.30. The molecule has 1 saturated carbocycles. The summed E-state index contributed by atoms with van der Waals surface area (Å²) in [7, 11) is 0. The second-order valence-electron chi connectivity index (χ2n) is 6.72. The molecule has 16 heavy (non-hydrogen) atoms. The molecule has 0 spiro atoms. The van der Waals surface area contributed by atoms with E-state index in [-0.39, 0.29) is 0 Å². The second kappa shape index (κ2) is 3.87. The van der Waals surface area contributed by atoms with Gasteiger partial charge in [-0.05, 0) is 68.4 Å². The molecule has 1 heteroatoms. The van der Waals surface area contributed by atoms with Gasteiger partial charge in [0.2, 0.25) is 0 Å². The van der Waals surface area contributed by atoms with Crippen LogP contribution < -0.4 is 5.32 Å². The summed E-state index contributed by atoms with van der Waals surface area (Å²) < 4.78 is 0. The summed E-state index contributed by atoms with van der Waals surface area (Å²) >= 11 is 0. The van der Waals surface area contributed by atoms with Gasteiger partial charge in [-0.15, -0.1) is 0 Å². The number of hydrogen-bond acceptors (Lipinski definition) is 1. The minimum Gasteiger partial charge on any atom is -0.317 e. The van der Waals surface area contributed by atoms with Crippen molar-refractivity contribution in [1.29, 1.82) is 0 Å². The lowest BCUT2D eigenvalue weighted by atomic mass is 9.48. The zero-order chi connectivity index (χ0) is 11.2. The van der Waals surface area contributed by atoms with Gasteiger partial charge in [0.15, 0.2) is 0 Å². The summed E-state index contributed by atoms with van der Waals surface area (Å²) in [6.07, 6.45) is 9.64. The standard InChI is InChI=1S/C15H25N/c1-15(2)13-4-3-12(14(15)10-13)9-11-5-7-16-8-6-11/h3,11,13-14,16H,4-10H2,1-2H3. The first-order valence-corrected chi connectivity index (χ1v) is 7.07. The molecule has 90 valence electrons. The van der Waals surface area contributed by atoms with Gasteiger partial charge in [0.1, 0.15) is 0 Å². The zero-order valence-corrected chi connectivity index (χ0v) is 10.8. The van der Waals surface area contributed by atoms with E-state index in [1.165, 1.54) is 45.2 Å². The molecule has 4 rings (SSSR count). The van der Waals surface area contributed by atoms with Crippen molar-refractivity contribution in [3.63, 3.8) is 0 Å². The molecule has 1 N–H and O–H groups in total. The van der Waals surface area contributed by atoms with Crippen molar-refractivity contribution in [3.05, 3.63) is 11.6 Å².